The van der Waals surface area contributed by atoms with E-state index in [0.29, 0.717) is 26.7 Å². The van der Waals surface area contributed by atoms with Gasteiger partial charge in [-0.05, 0) is 43.6 Å². The quantitative estimate of drug-likeness (QED) is 0.434. The van der Waals surface area contributed by atoms with Crippen LogP contribution in [0.1, 0.15) is 40.0 Å². The normalized spacial score (nSPS) is 15.7. The zero-order valence-corrected chi connectivity index (χ0v) is 17.1. The van der Waals surface area contributed by atoms with Crippen molar-refractivity contribution in [2.24, 2.45) is 0 Å². The molecule has 0 aliphatic carbocycles. The first-order chi connectivity index (χ1) is 15.1. The molecule has 1 unspecified atom stereocenters. The van der Waals surface area contributed by atoms with Crippen molar-refractivity contribution in [2.75, 3.05) is 11.9 Å². The third-order valence-electron chi connectivity index (χ3n) is 4.16. The number of benzene rings is 1. The molecule has 0 saturated heterocycles. The van der Waals surface area contributed by atoms with Gasteiger partial charge in [-0.15, -0.1) is 0 Å². The van der Waals surface area contributed by atoms with Gasteiger partial charge in [0, 0.05) is 37.3 Å². The standard InChI is InChI=1S/C21H22Cl2N4O2/c1-12(2)26-20-8-16(17(23)10-25-20)14-7-18(24-9-14)21(29)27-19(11-28)13-4-3-5-15(22)6-13/h3-10,12,19,24,28H,11H2,1-2H3,(H,25,26)(H,27,29)/t19-/m0/s1/i1D2,12D/t12?,19-. The molecule has 1 amide bonds. The Balaban J connectivity index is 1.80. The van der Waals surface area contributed by atoms with Crippen LogP contribution in [0.3, 0.4) is 0 Å². The summed E-state index contributed by atoms with van der Waals surface area (Å²) in [5, 5.41) is 16.0. The molecular formula is C21H22Cl2N4O2. The Morgan fingerprint density at radius 2 is 2.21 bits per heavy atom. The number of hydrogen-bond donors (Lipinski definition) is 4. The molecular weight excluding hydrogens is 411 g/mol. The van der Waals surface area contributed by atoms with Gasteiger partial charge in [0.15, 0.2) is 0 Å². The van der Waals surface area contributed by atoms with Gasteiger partial charge in [0.2, 0.25) is 0 Å². The number of aliphatic hydroxyl groups excluding tert-OH is 1. The van der Waals surface area contributed by atoms with Crippen molar-refractivity contribution >= 4 is 34.9 Å². The highest BCUT2D eigenvalue weighted by Crippen LogP contribution is 2.30. The van der Waals surface area contributed by atoms with Crippen LogP contribution in [0, 0.1) is 0 Å². The molecule has 3 rings (SSSR count). The van der Waals surface area contributed by atoms with Gasteiger partial charge in [0.25, 0.3) is 5.91 Å². The Labute approximate surface area is 183 Å². The lowest BCUT2D eigenvalue weighted by molar-refractivity contribution is 0.0912. The minimum absolute atomic E-state index is 0.255. The molecule has 3 aromatic rings. The highest BCUT2D eigenvalue weighted by Gasteiger charge is 2.18. The van der Waals surface area contributed by atoms with E-state index in [9.17, 15) is 9.90 Å². The van der Waals surface area contributed by atoms with E-state index < -0.39 is 24.8 Å². The zero-order valence-electron chi connectivity index (χ0n) is 18.5. The lowest BCUT2D eigenvalue weighted by atomic mass is 10.1. The third-order valence-corrected chi connectivity index (χ3v) is 4.69. The molecule has 0 radical (unpaired) electrons. The van der Waals surface area contributed by atoms with Crippen LogP contribution in [0.15, 0.2) is 48.8 Å². The fraction of sp³-hybridized carbons (Fsp3) is 0.238. The smallest absolute Gasteiger partial charge is 0.268 e. The number of carbonyl (C=O) groups excluding carboxylic acids is 1. The number of aromatic amines is 1. The Morgan fingerprint density at radius 1 is 1.38 bits per heavy atom. The van der Waals surface area contributed by atoms with E-state index in [1.807, 2.05) is 0 Å². The zero-order chi connectivity index (χ0) is 23.5. The number of nitrogens with zero attached hydrogens (tertiary/aromatic N) is 1. The second-order valence-electron chi connectivity index (χ2n) is 6.42. The number of anilines is 1. The Bertz CT molecular complexity index is 1110. The van der Waals surface area contributed by atoms with Crippen molar-refractivity contribution in [3.63, 3.8) is 0 Å². The molecule has 2 heterocycles. The molecule has 0 aliphatic heterocycles. The number of aliphatic hydroxyl groups is 1. The van der Waals surface area contributed by atoms with Gasteiger partial charge in [0.05, 0.1) is 19.0 Å². The molecule has 2 aromatic heterocycles. The summed E-state index contributed by atoms with van der Waals surface area (Å²) in [6.45, 7) is -0.335. The van der Waals surface area contributed by atoms with Gasteiger partial charge >= 0.3 is 0 Å². The topological polar surface area (TPSA) is 90.0 Å². The van der Waals surface area contributed by atoms with Crippen molar-refractivity contribution in [2.45, 2.75) is 25.9 Å². The summed E-state index contributed by atoms with van der Waals surface area (Å²) in [7, 11) is 0. The number of pyridine rings is 1. The molecule has 6 nitrogen and oxygen atoms in total. The first kappa shape index (κ1) is 17.3. The van der Waals surface area contributed by atoms with Crippen molar-refractivity contribution < 1.29 is 14.0 Å². The monoisotopic (exact) mass is 435 g/mol. The number of halogens is 2. The average molecular weight is 436 g/mol. The van der Waals surface area contributed by atoms with E-state index >= 15 is 0 Å². The van der Waals surface area contributed by atoms with E-state index in [2.05, 4.69) is 20.6 Å². The largest absolute Gasteiger partial charge is 0.394 e. The molecule has 0 saturated carbocycles. The number of rotatable bonds is 7. The van der Waals surface area contributed by atoms with Gasteiger partial charge in [0.1, 0.15) is 11.5 Å². The maximum absolute atomic E-state index is 12.7. The molecule has 0 aliphatic rings. The van der Waals surface area contributed by atoms with Gasteiger partial charge in [-0.1, -0.05) is 35.3 Å². The van der Waals surface area contributed by atoms with Crippen molar-refractivity contribution in [3.05, 3.63) is 70.1 Å². The lowest BCUT2D eigenvalue weighted by Crippen LogP contribution is -2.31. The van der Waals surface area contributed by atoms with E-state index in [0.717, 1.165) is 0 Å². The van der Waals surface area contributed by atoms with Crippen molar-refractivity contribution in [1.29, 1.82) is 0 Å². The number of carbonyl (C=O) groups is 1. The number of aromatic nitrogens is 2. The fourth-order valence-corrected chi connectivity index (χ4v) is 3.22. The first-order valence-corrected chi connectivity index (χ1v) is 9.50. The van der Waals surface area contributed by atoms with Crippen LogP contribution in [0.5, 0.6) is 0 Å². The molecule has 152 valence electrons. The molecule has 2 atom stereocenters. The maximum Gasteiger partial charge on any atom is 0.268 e. The van der Waals surface area contributed by atoms with Gasteiger partial charge in [-0.3, -0.25) is 4.79 Å². The number of nitrogens with one attached hydrogen (secondary N) is 3. The van der Waals surface area contributed by atoms with Crippen molar-refractivity contribution in [3.8, 4) is 11.1 Å². The van der Waals surface area contributed by atoms with Gasteiger partial charge in [-0.25, -0.2) is 4.98 Å². The van der Waals surface area contributed by atoms with Gasteiger partial charge < -0.3 is 20.7 Å². The minimum Gasteiger partial charge on any atom is -0.394 e. The Morgan fingerprint density at radius 3 is 2.93 bits per heavy atom. The fourth-order valence-electron chi connectivity index (χ4n) is 2.80. The highest BCUT2D eigenvalue weighted by atomic mass is 35.5. The van der Waals surface area contributed by atoms with Gasteiger partial charge in [-0.2, -0.15) is 0 Å². The summed E-state index contributed by atoms with van der Waals surface area (Å²) in [4.78, 5) is 19.7. The van der Waals surface area contributed by atoms with E-state index in [4.69, 9.17) is 27.3 Å². The minimum atomic E-state index is -1.57. The molecule has 8 heteroatoms. The molecule has 0 spiro atoms. The SMILES string of the molecule is [2H]C([2H])C([2H])(C)Nc1cc(-c2c[nH]c(C(=O)N[C@@H](CO)c3cccc(Cl)c3)c2)c(Cl)cn1. The van der Waals surface area contributed by atoms with Crippen LogP contribution in [0.4, 0.5) is 5.82 Å². The number of hydrogen-bond acceptors (Lipinski definition) is 4. The summed E-state index contributed by atoms with van der Waals surface area (Å²) in [5.41, 5.74) is 2.09. The lowest BCUT2D eigenvalue weighted by Gasteiger charge is -2.16. The first-order valence-electron chi connectivity index (χ1n) is 10.4. The summed E-state index contributed by atoms with van der Waals surface area (Å²) >= 11 is 12.3. The van der Waals surface area contributed by atoms with E-state index in [1.165, 1.54) is 13.1 Å². The van der Waals surface area contributed by atoms with Crippen LogP contribution in [0.2, 0.25) is 10.0 Å². The van der Waals surface area contributed by atoms with E-state index in [-0.39, 0.29) is 18.1 Å². The molecule has 1 aromatic carbocycles. The molecule has 0 fully saturated rings. The summed E-state index contributed by atoms with van der Waals surface area (Å²) in [5.74, 6) is -0.149. The number of amides is 1. The van der Waals surface area contributed by atoms with Crippen LogP contribution < -0.4 is 10.6 Å². The summed E-state index contributed by atoms with van der Waals surface area (Å²) in [6.07, 6.45) is 3.00. The van der Waals surface area contributed by atoms with E-state index in [1.54, 1.807) is 42.6 Å². The second kappa shape index (κ2) is 9.31. The predicted octanol–water partition coefficient (Wildman–Crippen LogP) is 4.67. The Hall–Kier alpha value is -2.54. The van der Waals surface area contributed by atoms with Crippen LogP contribution >= 0.6 is 23.2 Å². The van der Waals surface area contributed by atoms with Crippen LogP contribution in [-0.4, -0.2) is 33.6 Å². The predicted molar refractivity (Wildman–Crippen MR) is 117 cm³/mol. The Kier molecular flexibility index (Phi) is 5.56. The highest BCUT2D eigenvalue weighted by molar-refractivity contribution is 6.33. The van der Waals surface area contributed by atoms with Crippen molar-refractivity contribution in [1.82, 2.24) is 15.3 Å². The maximum atomic E-state index is 12.7. The van der Waals surface area contributed by atoms with Crippen LogP contribution in [-0.2, 0) is 0 Å². The average Bonchev–Trinajstić information content (AvgIpc) is 3.23. The number of H-pyrrole nitrogens is 1. The summed E-state index contributed by atoms with van der Waals surface area (Å²) < 4.78 is 23.0. The third kappa shape index (κ3) is 5.29. The van der Waals surface area contributed by atoms with Crippen LogP contribution in [0.25, 0.3) is 11.1 Å². The second-order valence-corrected chi connectivity index (χ2v) is 7.27. The summed E-state index contributed by atoms with van der Waals surface area (Å²) in [6, 6.07) is 7.87. The molecule has 29 heavy (non-hydrogen) atoms. The molecule has 0 bridgehead atoms. The molecule has 4 N–H and O–H groups in total.